The number of benzene rings is 2. The summed E-state index contributed by atoms with van der Waals surface area (Å²) in [7, 11) is -3.62. The summed E-state index contributed by atoms with van der Waals surface area (Å²) >= 11 is 0. The van der Waals surface area contributed by atoms with Gasteiger partial charge in [-0.3, -0.25) is 4.57 Å². The molecule has 0 spiro atoms. The third-order valence-corrected chi connectivity index (χ3v) is 5.35. The summed E-state index contributed by atoms with van der Waals surface area (Å²) < 4.78 is 12.0. The Balaban J connectivity index is 0.000000198. The Hall–Kier alpha value is -2.49. The standard InChI is InChI=1S/C11H8N.C10H9N2O2P.Ir/c1-2-6-10(7-3-1)11-8-4-5-9-12-11;13-15(14,9-5-2-1-3-6-9)10-11-7-4-8-12-10;/h1-6,8-9H;1-8H,(H,13,14);/q-1;;. The molecule has 1 N–H and O–H groups in total. The third-order valence-electron chi connectivity index (χ3n) is 3.58. The normalized spacial score (nSPS) is 11.9. The zero-order valence-corrected chi connectivity index (χ0v) is 18.0. The van der Waals surface area contributed by atoms with Gasteiger partial charge in [0.05, 0.1) is 0 Å². The number of rotatable bonds is 3. The van der Waals surface area contributed by atoms with Crippen LogP contribution in [-0.4, -0.2) is 19.8 Å². The van der Waals surface area contributed by atoms with Crippen molar-refractivity contribution in [2.24, 2.45) is 0 Å². The van der Waals surface area contributed by atoms with Crippen LogP contribution in [0.4, 0.5) is 0 Å². The quantitative estimate of drug-likeness (QED) is 0.305. The Bertz CT molecular complexity index is 924. The van der Waals surface area contributed by atoms with Gasteiger partial charge in [-0.15, -0.1) is 35.9 Å². The van der Waals surface area contributed by atoms with Crippen LogP contribution in [0.1, 0.15) is 0 Å². The van der Waals surface area contributed by atoms with E-state index < -0.39 is 7.37 Å². The summed E-state index contributed by atoms with van der Waals surface area (Å²) in [5, 5.41) is 0.344. The van der Waals surface area contributed by atoms with E-state index in [0.29, 0.717) is 5.30 Å². The van der Waals surface area contributed by atoms with Gasteiger partial charge in [0.1, 0.15) is 0 Å². The van der Waals surface area contributed by atoms with Gasteiger partial charge in [-0.25, -0.2) is 9.97 Å². The van der Waals surface area contributed by atoms with Crippen LogP contribution in [0.25, 0.3) is 11.3 Å². The summed E-state index contributed by atoms with van der Waals surface area (Å²) in [5.41, 5.74) is 1.98. The smallest absolute Gasteiger partial charge is 0.295 e. The van der Waals surface area contributed by atoms with E-state index >= 15 is 0 Å². The Morgan fingerprint density at radius 2 is 1.39 bits per heavy atom. The molecule has 2 aromatic carbocycles. The fraction of sp³-hybridized carbons (Fsp3) is 0. The van der Waals surface area contributed by atoms with Crippen molar-refractivity contribution in [3.05, 3.63) is 104 Å². The number of hydrogen-bond donors (Lipinski definition) is 1. The molecule has 0 saturated carbocycles. The van der Waals surface area contributed by atoms with Crippen molar-refractivity contribution in [2.75, 3.05) is 0 Å². The molecule has 1 radical (unpaired) electrons. The van der Waals surface area contributed by atoms with Gasteiger partial charge in [0.2, 0.25) is 5.57 Å². The maximum Gasteiger partial charge on any atom is 0.295 e. The van der Waals surface area contributed by atoms with Crippen LogP contribution in [-0.2, 0) is 24.7 Å². The summed E-state index contributed by atoms with van der Waals surface area (Å²) in [4.78, 5) is 21.7. The fourth-order valence-electron chi connectivity index (χ4n) is 2.27. The topological polar surface area (TPSA) is 76.0 Å². The summed E-state index contributed by atoms with van der Waals surface area (Å²) in [6.45, 7) is 0. The minimum absolute atomic E-state index is 0. The minimum atomic E-state index is -3.62. The molecule has 4 rings (SSSR count). The van der Waals surface area contributed by atoms with Crippen molar-refractivity contribution < 1.29 is 29.6 Å². The maximum absolute atomic E-state index is 12.0. The molecule has 0 aliphatic carbocycles. The van der Waals surface area contributed by atoms with Crippen molar-refractivity contribution >= 4 is 18.2 Å². The minimum Gasteiger partial charge on any atom is -0.336 e. The van der Waals surface area contributed by atoms with E-state index in [9.17, 15) is 9.46 Å². The first-order valence-electron chi connectivity index (χ1n) is 8.22. The number of aromatic nitrogens is 3. The SMILES string of the molecule is O=P(O)(c1ccccc1)c1ncccn1.[Ir].[c-]1ccccc1-c1ccccn1. The molecule has 0 aliphatic rings. The molecule has 5 nitrogen and oxygen atoms in total. The van der Waals surface area contributed by atoms with Gasteiger partial charge in [-0.05, 0) is 30.0 Å². The molecule has 2 aromatic heterocycles. The monoisotopic (exact) mass is 567 g/mol. The van der Waals surface area contributed by atoms with Gasteiger partial charge in [-0.2, -0.15) is 0 Å². The number of pyridine rings is 1. The molecule has 4 aromatic rings. The van der Waals surface area contributed by atoms with E-state index in [1.54, 1.807) is 42.6 Å². The Morgan fingerprint density at radius 1 is 0.750 bits per heavy atom. The molecule has 0 bridgehead atoms. The zero-order valence-electron chi connectivity index (χ0n) is 14.7. The molecule has 143 valence electrons. The van der Waals surface area contributed by atoms with Crippen LogP contribution in [0.15, 0.2) is 97.5 Å². The Morgan fingerprint density at radius 3 is 2.00 bits per heavy atom. The molecule has 0 saturated heterocycles. The first-order valence-corrected chi connectivity index (χ1v) is 9.88. The second-order valence-corrected chi connectivity index (χ2v) is 7.52. The van der Waals surface area contributed by atoms with Gasteiger partial charge in [0, 0.05) is 44.0 Å². The van der Waals surface area contributed by atoms with Crippen LogP contribution >= 0.6 is 7.37 Å². The third kappa shape index (κ3) is 5.75. The zero-order chi connectivity index (χ0) is 19.0. The molecule has 1 atom stereocenters. The predicted molar refractivity (Wildman–Crippen MR) is 106 cm³/mol. The summed E-state index contributed by atoms with van der Waals surface area (Å²) in [6, 6.07) is 26.8. The molecule has 0 fully saturated rings. The molecule has 2 heterocycles. The van der Waals surface area contributed by atoms with E-state index in [-0.39, 0.29) is 25.7 Å². The largest absolute Gasteiger partial charge is 0.336 e. The van der Waals surface area contributed by atoms with Gasteiger partial charge < -0.3 is 9.88 Å². The van der Waals surface area contributed by atoms with E-state index in [0.717, 1.165) is 11.3 Å². The van der Waals surface area contributed by atoms with Crippen LogP contribution < -0.4 is 10.9 Å². The van der Waals surface area contributed by atoms with Crippen LogP contribution in [0.3, 0.4) is 0 Å². The molecule has 0 amide bonds. The fourth-order valence-corrected chi connectivity index (χ4v) is 3.52. The van der Waals surface area contributed by atoms with Gasteiger partial charge in [-0.1, -0.05) is 30.3 Å². The number of hydrogen-bond acceptors (Lipinski definition) is 4. The molecule has 1 unspecified atom stereocenters. The van der Waals surface area contributed by atoms with E-state index in [1.165, 1.54) is 12.4 Å². The maximum atomic E-state index is 12.0. The first-order chi connectivity index (χ1) is 13.2. The Kier molecular flexibility index (Phi) is 8.37. The second-order valence-electron chi connectivity index (χ2n) is 5.45. The van der Waals surface area contributed by atoms with Crippen LogP contribution in [0.2, 0.25) is 0 Å². The second kappa shape index (κ2) is 10.7. The van der Waals surface area contributed by atoms with Crippen molar-refractivity contribution in [1.29, 1.82) is 0 Å². The molecule has 7 heteroatoms. The van der Waals surface area contributed by atoms with Gasteiger partial charge >= 0.3 is 0 Å². The van der Waals surface area contributed by atoms with E-state index in [2.05, 4.69) is 21.0 Å². The Labute approximate surface area is 177 Å². The van der Waals surface area contributed by atoms with E-state index in [1.807, 2.05) is 42.5 Å². The van der Waals surface area contributed by atoms with E-state index in [4.69, 9.17) is 0 Å². The van der Waals surface area contributed by atoms with Crippen LogP contribution in [0.5, 0.6) is 0 Å². The van der Waals surface area contributed by atoms with Gasteiger partial charge in [0.15, 0.2) is 0 Å². The molecular weight excluding hydrogens is 549 g/mol. The van der Waals surface area contributed by atoms with Crippen molar-refractivity contribution in [3.63, 3.8) is 0 Å². The van der Waals surface area contributed by atoms with Crippen molar-refractivity contribution in [3.8, 4) is 11.3 Å². The average Bonchev–Trinajstić information content (AvgIpc) is 2.77. The van der Waals surface area contributed by atoms with Gasteiger partial charge in [0.25, 0.3) is 7.37 Å². The van der Waals surface area contributed by atoms with Crippen LogP contribution in [0, 0.1) is 6.07 Å². The number of nitrogens with zero attached hydrogens (tertiary/aromatic N) is 3. The molecular formula is C21H17IrN3O2P-. The first kappa shape index (κ1) is 21.8. The van der Waals surface area contributed by atoms with Crippen molar-refractivity contribution in [2.45, 2.75) is 0 Å². The van der Waals surface area contributed by atoms with Crippen molar-refractivity contribution in [1.82, 2.24) is 15.0 Å². The summed E-state index contributed by atoms with van der Waals surface area (Å²) in [6.07, 6.45) is 4.69. The molecule has 28 heavy (non-hydrogen) atoms. The molecule has 0 aliphatic heterocycles. The summed E-state index contributed by atoms with van der Waals surface area (Å²) in [5.74, 6) is 0. The average molecular weight is 567 g/mol. The predicted octanol–water partition coefficient (Wildman–Crippen LogP) is 3.24.